The second-order valence-corrected chi connectivity index (χ2v) is 4.91. The van der Waals surface area contributed by atoms with Crippen molar-refractivity contribution >= 4 is 0 Å². The summed E-state index contributed by atoms with van der Waals surface area (Å²) in [7, 11) is 1.66. The molecule has 1 saturated carbocycles. The van der Waals surface area contributed by atoms with Crippen LogP contribution in [0.2, 0.25) is 0 Å². The molecular weight excluding hydrogens is 254 g/mol. The van der Waals surface area contributed by atoms with E-state index in [1.807, 2.05) is 18.2 Å². The fraction of sp³-hybridized carbons (Fsp3) is 0.500. The zero-order valence-electron chi connectivity index (χ0n) is 11.8. The van der Waals surface area contributed by atoms with Crippen LogP contribution in [0.1, 0.15) is 24.0 Å². The van der Waals surface area contributed by atoms with Crippen LogP contribution in [0.4, 0.5) is 0 Å². The van der Waals surface area contributed by atoms with Crippen LogP contribution in [0.3, 0.4) is 0 Å². The van der Waals surface area contributed by atoms with Gasteiger partial charge in [0, 0.05) is 30.3 Å². The van der Waals surface area contributed by atoms with E-state index in [1.54, 1.807) is 7.11 Å². The van der Waals surface area contributed by atoms with E-state index in [0.717, 1.165) is 23.4 Å². The maximum absolute atomic E-state index is 9.17. The number of nitrogens with zero attached hydrogens (tertiary/aromatic N) is 1. The summed E-state index contributed by atoms with van der Waals surface area (Å²) in [5.74, 6) is 6.40. The molecule has 1 fully saturated rings. The standard InChI is InChI=1S/C16H21NO3/c1-20-16-7-4-13(3-2-9-18)11-14(16)12-17(8-10-19)15-5-6-15/h4,7,11,15,18-19H,5-6,8-10,12H2,1H3. The molecule has 108 valence electrons. The number of aliphatic hydroxyl groups excluding tert-OH is 2. The molecule has 4 heteroatoms. The van der Waals surface area contributed by atoms with E-state index in [-0.39, 0.29) is 13.2 Å². The zero-order valence-corrected chi connectivity index (χ0v) is 11.8. The smallest absolute Gasteiger partial charge is 0.123 e. The maximum atomic E-state index is 9.17. The monoisotopic (exact) mass is 275 g/mol. The van der Waals surface area contributed by atoms with Gasteiger partial charge in [-0.05, 0) is 31.0 Å². The summed E-state index contributed by atoms with van der Waals surface area (Å²) in [5, 5.41) is 17.9. The first-order valence-electron chi connectivity index (χ1n) is 6.90. The Labute approximate surface area is 120 Å². The Kier molecular flexibility index (Phi) is 5.42. The molecule has 0 aliphatic heterocycles. The molecule has 1 aromatic rings. The van der Waals surface area contributed by atoms with Crippen LogP contribution >= 0.6 is 0 Å². The largest absolute Gasteiger partial charge is 0.496 e. The molecule has 0 aromatic heterocycles. The SMILES string of the molecule is COc1ccc(C#CCO)cc1CN(CCO)C1CC1. The molecule has 20 heavy (non-hydrogen) atoms. The highest BCUT2D eigenvalue weighted by Gasteiger charge is 2.29. The summed E-state index contributed by atoms with van der Waals surface area (Å²) < 4.78 is 5.40. The molecule has 4 nitrogen and oxygen atoms in total. The highest BCUT2D eigenvalue weighted by molar-refractivity contribution is 5.44. The van der Waals surface area contributed by atoms with Gasteiger partial charge in [-0.25, -0.2) is 0 Å². The number of rotatable bonds is 6. The van der Waals surface area contributed by atoms with E-state index in [4.69, 9.17) is 14.9 Å². The molecule has 0 amide bonds. The van der Waals surface area contributed by atoms with Gasteiger partial charge in [0.1, 0.15) is 12.4 Å². The van der Waals surface area contributed by atoms with E-state index in [1.165, 1.54) is 12.8 Å². The van der Waals surface area contributed by atoms with Crippen molar-refractivity contribution < 1.29 is 14.9 Å². The van der Waals surface area contributed by atoms with Gasteiger partial charge in [-0.3, -0.25) is 4.90 Å². The summed E-state index contributed by atoms with van der Waals surface area (Å²) in [6.45, 7) is 1.46. The Hall–Kier alpha value is -1.54. The average molecular weight is 275 g/mol. The van der Waals surface area contributed by atoms with E-state index in [0.29, 0.717) is 12.6 Å². The van der Waals surface area contributed by atoms with Crippen molar-refractivity contribution in [2.24, 2.45) is 0 Å². The van der Waals surface area contributed by atoms with Crippen molar-refractivity contribution in [3.05, 3.63) is 29.3 Å². The minimum Gasteiger partial charge on any atom is -0.496 e. The zero-order chi connectivity index (χ0) is 14.4. The number of hydrogen-bond acceptors (Lipinski definition) is 4. The van der Waals surface area contributed by atoms with Crippen LogP contribution in [0.15, 0.2) is 18.2 Å². The topological polar surface area (TPSA) is 52.9 Å². The molecule has 1 aliphatic carbocycles. The van der Waals surface area contributed by atoms with Crippen molar-refractivity contribution in [2.45, 2.75) is 25.4 Å². The lowest BCUT2D eigenvalue weighted by atomic mass is 10.1. The van der Waals surface area contributed by atoms with Crippen molar-refractivity contribution in [1.29, 1.82) is 0 Å². The minimum atomic E-state index is -0.139. The van der Waals surface area contributed by atoms with Crippen molar-refractivity contribution in [1.82, 2.24) is 4.90 Å². The van der Waals surface area contributed by atoms with Crippen molar-refractivity contribution in [2.75, 3.05) is 26.9 Å². The fourth-order valence-corrected chi connectivity index (χ4v) is 2.30. The third-order valence-electron chi connectivity index (χ3n) is 3.42. The van der Waals surface area contributed by atoms with Gasteiger partial charge in [0.25, 0.3) is 0 Å². The average Bonchev–Trinajstić information content (AvgIpc) is 3.29. The molecule has 2 rings (SSSR count). The Morgan fingerprint density at radius 2 is 2.15 bits per heavy atom. The predicted molar refractivity (Wildman–Crippen MR) is 77.5 cm³/mol. The molecule has 0 radical (unpaired) electrons. The van der Waals surface area contributed by atoms with Gasteiger partial charge in [-0.1, -0.05) is 11.8 Å². The van der Waals surface area contributed by atoms with Crippen LogP contribution in [0, 0.1) is 11.8 Å². The molecule has 0 spiro atoms. The molecule has 0 atom stereocenters. The summed E-state index contributed by atoms with van der Waals surface area (Å²) in [6, 6.07) is 6.37. The Morgan fingerprint density at radius 1 is 1.35 bits per heavy atom. The molecule has 0 saturated heterocycles. The molecule has 2 N–H and O–H groups in total. The third kappa shape index (κ3) is 3.97. The van der Waals surface area contributed by atoms with E-state index >= 15 is 0 Å². The van der Waals surface area contributed by atoms with Gasteiger partial charge in [-0.2, -0.15) is 0 Å². The highest BCUT2D eigenvalue weighted by atomic mass is 16.5. The molecule has 0 unspecified atom stereocenters. The van der Waals surface area contributed by atoms with Gasteiger partial charge in [0.05, 0.1) is 13.7 Å². The summed E-state index contributed by atoms with van der Waals surface area (Å²) >= 11 is 0. The second-order valence-electron chi connectivity index (χ2n) is 4.91. The van der Waals surface area contributed by atoms with Crippen LogP contribution in [0.5, 0.6) is 5.75 Å². The van der Waals surface area contributed by atoms with Gasteiger partial charge in [0.15, 0.2) is 0 Å². The highest BCUT2D eigenvalue weighted by Crippen LogP contribution is 2.30. The fourth-order valence-electron chi connectivity index (χ4n) is 2.30. The summed E-state index contributed by atoms with van der Waals surface area (Å²) in [6.07, 6.45) is 2.40. The third-order valence-corrected chi connectivity index (χ3v) is 3.42. The Balaban J connectivity index is 2.18. The first kappa shape index (κ1) is 14.9. The first-order valence-corrected chi connectivity index (χ1v) is 6.90. The first-order chi connectivity index (χ1) is 9.78. The van der Waals surface area contributed by atoms with E-state index in [2.05, 4.69) is 16.7 Å². The second kappa shape index (κ2) is 7.30. The number of benzene rings is 1. The van der Waals surface area contributed by atoms with Crippen LogP contribution in [-0.2, 0) is 6.54 Å². The van der Waals surface area contributed by atoms with Crippen LogP contribution < -0.4 is 4.74 Å². The number of hydrogen-bond donors (Lipinski definition) is 2. The molecule has 0 bridgehead atoms. The maximum Gasteiger partial charge on any atom is 0.123 e. The number of ether oxygens (including phenoxy) is 1. The van der Waals surface area contributed by atoms with Gasteiger partial charge in [0.2, 0.25) is 0 Å². The lowest BCUT2D eigenvalue weighted by molar-refractivity contribution is 0.182. The van der Waals surface area contributed by atoms with Crippen molar-refractivity contribution in [3.63, 3.8) is 0 Å². The molecule has 1 aliphatic rings. The van der Waals surface area contributed by atoms with Gasteiger partial charge in [-0.15, -0.1) is 0 Å². The Morgan fingerprint density at radius 3 is 2.75 bits per heavy atom. The number of aliphatic hydroxyl groups is 2. The molecule has 1 aromatic carbocycles. The van der Waals surface area contributed by atoms with Gasteiger partial charge < -0.3 is 14.9 Å². The minimum absolute atomic E-state index is 0.139. The lowest BCUT2D eigenvalue weighted by Gasteiger charge is -2.22. The van der Waals surface area contributed by atoms with Crippen LogP contribution in [-0.4, -0.2) is 48.0 Å². The normalized spacial score (nSPS) is 14.0. The quantitative estimate of drug-likeness (QED) is 0.760. The van der Waals surface area contributed by atoms with Crippen molar-refractivity contribution in [3.8, 4) is 17.6 Å². The molecule has 0 heterocycles. The molecular formula is C16H21NO3. The van der Waals surface area contributed by atoms with E-state index < -0.39 is 0 Å². The summed E-state index contributed by atoms with van der Waals surface area (Å²) in [4.78, 5) is 2.28. The predicted octanol–water partition coefficient (Wildman–Crippen LogP) is 0.996. The van der Waals surface area contributed by atoms with Gasteiger partial charge >= 0.3 is 0 Å². The lowest BCUT2D eigenvalue weighted by Crippen LogP contribution is -2.28. The van der Waals surface area contributed by atoms with Crippen LogP contribution in [0.25, 0.3) is 0 Å². The summed E-state index contributed by atoms with van der Waals surface area (Å²) in [5.41, 5.74) is 1.94. The number of methoxy groups -OCH3 is 1. The Bertz CT molecular complexity index is 500. The van der Waals surface area contributed by atoms with E-state index in [9.17, 15) is 0 Å².